The Bertz CT molecular complexity index is 776. The zero-order valence-corrected chi connectivity index (χ0v) is 13.8. The minimum Gasteiger partial charge on any atom is -0.507 e. The van der Waals surface area contributed by atoms with E-state index in [0.29, 0.717) is 24.5 Å². The Labute approximate surface area is 145 Å². The average molecular weight is 341 g/mol. The number of pyridine rings is 1. The van der Waals surface area contributed by atoms with E-state index in [1.54, 1.807) is 30.3 Å². The fourth-order valence-corrected chi connectivity index (χ4v) is 2.89. The number of para-hydroxylation sites is 1. The van der Waals surface area contributed by atoms with Gasteiger partial charge in [0.1, 0.15) is 11.8 Å². The Kier molecular flexibility index (Phi) is 4.83. The van der Waals surface area contributed by atoms with Gasteiger partial charge in [-0.2, -0.15) is 0 Å². The Balaban J connectivity index is 1.73. The molecular weight excluding hydrogens is 322 g/mol. The molecule has 1 atom stereocenters. The summed E-state index contributed by atoms with van der Waals surface area (Å²) in [5.41, 5.74) is 0.737. The van der Waals surface area contributed by atoms with Crippen LogP contribution in [0.3, 0.4) is 0 Å². The van der Waals surface area contributed by atoms with E-state index in [-0.39, 0.29) is 23.1 Å². The Morgan fingerprint density at radius 3 is 2.76 bits per heavy atom. The van der Waals surface area contributed by atoms with E-state index in [4.69, 9.17) is 4.74 Å². The summed E-state index contributed by atoms with van der Waals surface area (Å²) in [6.45, 7) is 0.478. The lowest BCUT2D eigenvalue weighted by atomic mass is 10.1. The molecule has 1 aromatic heterocycles. The highest BCUT2D eigenvalue weighted by atomic mass is 16.5. The van der Waals surface area contributed by atoms with Gasteiger partial charge in [-0.1, -0.05) is 12.1 Å². The first-order chi connectivity index (χ1) is 12.1. The molecule has 0 unspecified atom stereocenters. The minimum absolute atomic E-state index is 0.0853. The van der Waals surface area contributed by atoms with Crippen molar-refractivity contribution in [3.63, 3.8) is 0 Å². The van der Waals surface area contributed by atoms with Crippen molar-refractivity contribution in [2.75, 3.05) is 19.0 Å². The maximum atomic E-state index is 12.7. The molecule has 130 valence electrons. The van der Waals surface area contributed by atoms with Crippen molar-refractivity contribution in [1.82, 2.24) is 9.88 Å². The number of benzene rings is 1. The van der Waals surface area contributed by atoms with Gasteiger partial charge in [0.05, 0.1) is 24.6 Å². The lowest BCUT2D eigenvalue weighted by Gasteiger charge is -2.24. The molecule has 0 spiro atoms. The van der Waals surface area contributed by atoms with Gasteiger partial charge >= 0.3 is 0 Å². The predicted octanol–water partition coefficient (Wildman–Crippen LogP) is 2.04. The molecule has 7 nitrogen and oxygen atoms in total. The summed E-state index contributed by atoms with van der Waals surface area (Å²) in [6.07, 6.45) is 2.81. The second-order valence-corrected chi connectivity index (χ2v) is 5.75. The summed E-state index contributed by atoms with van der Waals surface area (Å²) in [6, 6.07) is 9.11. The van der Waals surface area contributed by atoms with Crippen molar-refractivity contribution in [3.05, 3.63) is 48.2 Å². The third-order valence-corrected chi connectivity index (χ3v) is 4.16. The number of anilines is 1. The summed E-state index contributed by atoms with van der Waals surface area (Å²) in [7, 11) is 1.52. The Morgan fingerprint density at radius 2 is 2.08 bits per heavy atom. The highest BCUT2D eigenvalue weighted by molar-refractivity contribution is 6.02. The number of nitrogens with one attached hydrogen (secondary N) is 1. The molecule has 2 N–H and O–H groups in total. The molecule has 2 aromatic rings. The third-order valence-electron chi connectivity index (χ3n) is 4.16. The summed E-state index contributed by atoms with van der Waals surface area (Å²) in [5, 5.41) is 12.7. The van der Waals surface area contributed by atoms with Crippen molar-refractivity contribution < 1.29 is 19.4 Å². The quantitative estimate of drug-likeness (QED) is 0.888. The van der Waals surface area contributed by atoms with E-state index < -0.39 is 6.04 Å². The summed E-state index contributed by atoms with van der Waals surface area (Å²) < 4.78 is 4.98. The zero-order valence-electron chi connectivity index (χ0n) is 13.8. The number of aromatic nitrogens is 1. The van der Waals surface area contributed by atoms with Gasteiger partial charge in [-0.25, -0.2) is 4.98 Å². The third kappa shape index (κ3) is 3.55. The van der Waals surface area contributed by atoms with Gasteiger partial charge in [0.25, 0.3) is 5.91 Å². The molecule has 3 rings (SSSR count). The number of rotatable bonds is 4. The zero-order chi connectivity index (χ0) is 17.8. The molecule has 0 saturated carbocycles. The van der Waals surface area contributed by atoms with Crippen molar-refractivity contribution >= 4 is 17.5 Å². The van der Waals surface area contributed by atoms with Gasteiger partial charge in [0, 0.05) is 12.6 Å². The first kappa shape index (κ1) is 16.8. The van der Waals surface area contributed by atoms with Crippen LogP contribution in [-0.2, 0) is 4.79 Å². The van der Waals surface area contributed by atoms with Crippen LogP contribution in [0.1, 0.15) is 23.2 Å². The second-order valence-electron chi connectivity index (χ2n) is 5.75. The van der Waals surface area contributed by atoms with Crippen molar-refractivity contribution in [2.45, 2.75) is 18.9 Å². The molecule has 0 radical (unpaired) electrons. The molecule has 0 aliphatic carbocycles. The topological polar surface area (TPSA) is 91.8 Å². The maximum Gasteiger partial charge on any atom is 0.258 e. The lowest BCUT2D eigenvalue weighted by molar-refractivity contribution is -0.119. The number of carbonyl (C=O) groups excluding carboxylic acids is 2. The lowest BCUT2D eigenvalue weighted by Crippen LogP contribution is -2.43. The number of hydrogen-bond acceptors (Lipinski definition) is 5. The molecule has 2 amide bonds. The fraction of sp³-hybridized carbons (Fsp3) is 0.278. The van der Waals surface area contributed by atoms with Crippen LogP contribution < -0.4 is 10.1 Å². The van der Waals surface area contributed by atoms with Crippen LogP contribution in [0.15, 0.2) is 42.6 Å². The standard InChI is InChI=1S/C18H19N3O4/c1-25-16-9-8-12(11-19-16)20-17(23)14-6-4-10-21(14)18(24)13-5-2-3-7-15(13)22/h2-3,5,7-9,11,14,22H,4,6,10H2,1H3,(H,20,23)/t14-/m1/s1. The van der Waals surface area contributed by atoms with Gasteiger partial charge in [0.2, 0.25) is 11.8 Å². The average Bonchev–Trinajstić information content (AvgIpc) is 3.12. The number of phenolic OH excluding ortho intramolecular Hbond substituents is 1. The monoisotopic (exact) mass is 341 g/mol. The number of phenols is 1. The molecule has 1 saturated heterocycles. The number of hydrogen-bond donors (Lipinski definition) is 2. The number of amides is 2. The smallest absolute Gasteiger partial charge is 0.258 e. The van der Waals surface area contributed by atoms with E-state index >= 15 is 0 Å². The molecule has 7 heteroatoms. The Hall–Kier alpha value is -3.09. The highest BCUT2D eigenvalue weighted by Gasteiger charge is 2.35. The fourth-order valence-electron chi connectivity index (χ4n) is 2.89. The predicted molar refractivity (Wildman–Crippen MR) is 91.6 cm³/mol. The SMILES string of the molecule is COc1ccc(NC(=O)[C@H]2CCCN2C(=O)c2ccccc2O)cn1. The maximum absolute atomic E-state index is 12.7. The van der Waals surface area contributed by atoms with E-state index in [1.807, 2.05) is 0 Å². The number of ether oxygens (including phenoxy) is 1. The van der Waals surface area contributed by atoms with Crippen molar-refractivity contribution in [1.29, 1.82) is 0 Å². The molecule has 25 heavy (non-hydrogen) atoms. The number of aromatic hydroxyl groups is 1. The van der Waals surface area contributed by atoms with Crippen LogP contribution in [0.25, 0.3) is 0 Å². The highest BCUT2D eigenvalue weighted by Crippen LogP contribution is 2.25. The van der Waals surface area contributed by atoms with Crippen LogP contribution in [0.4, 0.5) is 5.69 Å². The van der Waals surface area contributed by atoms with Crippen LogP contribution in [-0.4, -0.2) is 46.5 Å². The number of likely N-dealkylation sites (tertiary alicyclic amines) is 1. The summed E-state index contributed by atoms with van der Waals surface area (Å²) in [4.78, 5) is 30.8. The van der Waals surface area contributed by atoms with E-state index in [9.17, 15) is 14.7 Å². The van der Waals surface area contributed by atoms with Gasteiger partial charge in [-0.15, -0.1) is 0 Å². The molecule has 1 fully saturated rings. The summed E-state index contributed by atoms with van der Waals surface area (Å²) >= 11 is 0. The first-order valence-electron chi connectivity index (χ1n) is 8.00. The molecule has 1 aromatic carbocycles. The van der Waals surface area contributed by atoms with Gasteiger partial charge in [0.15, 0.2) is 0 Å². The van der Waals surface area contributed by atoms with Gasteiger partial charge in [-0.05, 0) is 31.0 Å². The van der Waals surface area contributed by atoms with E-state index in [2.05, 4.69) is 10.3 Å². The molecule has 0 bridgehead atoms. The van der Waals surface area contributed by atoms with Crippen LogP contribution in [0.2, 0.25) is 0 Å². The molecule has 1 aliphatic heterocycles. The van der Waals surface area contributed by atoms with Crippen LogP contribution in [0, 0.1) is 0 Å². The van der Waals surface area contributed by atoms with Crippen molar-refractivity contribution in [2.24, 2.45) is 0 Å². The van der Waals surface area contributed by atoms with Crippen LogP contribution in [0.5, 0.6) is 11.6 Å². The van der Waals surface area contributed by atoms with Gasteiger partial charge in [-0.3, -0.25) is 9.59 Å². The van der Waals surface area contributed by atoms with Crippen molar-refractivity contribution in [3.8, 4) is 11.6 Å². The normalized spacial score (nSPS) is 16.5. The number of nitrogens with zero attached hydrogens (tertiary/aromatic N) is 2. The minimum atomic E-state index is -0.575. The molecule has 2 heterocycles. The Morgan fingerprint density at radius 1 is 1.28 bits per heavy atom. The molecule has 1 aliphatic rings. The van der Waals surface area contributed by atoms with Gasteiger partial charge < -0.3 is 20.1 Å². The first-order valence-corrected chi connectivity index (χ1v) is 8.00. The number of methoxy groups -OCH3 is 1. The molecular formula is C18H19N3O4. The van der Waals surface area contributed by atoms with E-state index in [0.717, 1.165) is 6.42 Å². The van der Waals surface area contributed by atoms with E-state index in [1.165, 1.54) is 24.3 Å². The van der Waals surface area contributed by atoms with Crippen LogP contribution >= 0.6 is 0 Å². The largest absolute Gasteiger partial charge is 0.507 e. The second kappa shape index (κ2) is 7.21. The number of carbonyl (C=O) groups is 2. The summed E-state index contributed by atoms with van der Waals surface area (Å²) in [5.74, 6) is -0.245.